The molecule has 0 aliphatic heterocycles. The Hall–Kier alpha value is -2.50. The summed E-state index contributed by atoms with van der Waals surface area (Å²) in [5, 5.41) is 2.76. The van der Waals surface area contributed by atoms with E-state index in [0.717, 1.165) is 18.9 Å². The largest absolute Gasteiger partial charge is 0.327 e. The SMILES string of the molecule is Cc1cc(NC(=O)C2(c3ccc(F)cc3F)CCCC2)c[nH]c1=O. The maximum absolute atomic E-state index is 14.3. The molecule has 4 nitrogen and oxygen atoms in total. The summed E-state index contributed by atoms with van der Waals surface area (Å²) in [6.45, 7) is 1.64. The van der Waals surface area contributed by atoms with Gasteiger partial charge in [0.25, 0.3) is 5.56 Å². The monoisotopic (exact) mass is 332 g/mol. The van der Waals surface area contributed by atoms with Gasteiger partial charge in [-0.25, -0.2) is 8.78 Å². The second kappa shape index (κ2) is 6.19. The summed E-state index contributed by atoms with van der Waals surface area (Å²) >= 11 is 0. The number of H-pyrrole nitrogens is 1. The minimum Gasteiger partial charge on any atom is -0.327 e. The summed E-state index contributed by atoms with van der Waals surface area (Å²) in [5.74, 6) is -1.71. The number of hydrogen-bond donors (Lipinski definition) is 2. The molecule has 1 aliphatic carbocycles. The third-order valence-electron chi connectivity index (χ3n) is 4.69. The van der Waals surface area contributed by atoms with E-state index >= 15 is 0 Å². The van der Waals surface area contributed by atoms with Crippen molar-refractivity contribution in [3.8, 4) is 0 Å². The van der Waals surface area contributed by atoms with Crippen LogP contribution in [0.15, 0.2) is 35.3 Å². The minimum atomic E-state index is -1.01. The summed E-state index contributed by atoms with van der Waals surface area (Å²) in [7, 11) is 0. The molecule has 2 N–H and O–H groups in total. The zero-order valence-corrected chi connectivity index (χ0v) is 13.3. The molecule has 0 saturated heterocycles. The van der Waals surface area contributed by atoms with Crippen LogP contribution in [-0.4, -0.2) is 10.9 Å². The standard InChI is InChI=1S/C18H18F2N2O2/c1-11-8-13(10-21-16(11)23)22-17(24)18(6-2-3-7-18)14-5-4-12(19)9-15(14)20/h4-5,8-10H,2-3,6-7H2,1H3,(H,21,23)(H,22,24). The Balaban J connectivity index is 1.96. The van der Waals surface area contributed by atoms with Crippen molar-refractivity contribution in [2.45, 2.75) is 38.0 Å². The summed E-state index contributed by atoms with van der Waals surface area (Å²) in [6.07, 6.45) is 4.02. The number of rotatable bonds is 3. The first kappa shape index (κ1) is 16.4. The fraction of sp³-hybridized carbons (Fsp3) is 0.333. The predicted octanol–water partition coefficient (Wildman–Crippen LogP) is 3.41. The summed E-state index contributed by atoms with van der Waals surface area (Å²) in [6, 6.07) is 4.91. The van der Waals surface area contributed by atoms with E-state index in [2.05, 4.69) is 10.3 Å². The fourth-order valence-corrected chi connectivity index (χ4v) is 3.40. The maximum atomic E-state index is 14.3. The van der Waals surface area contributed by atoms with Crippen molar-refractivity contribution >= 4 is 11.6 Å². The first-order valence-electron chi connectivity index (χ1n) is 7.89. The molecule has 126 valence electrons. The van der Waals surface area contributed by atoms with Crippen molar-refractivity contribution in [2.75, 3.05) is 5.32 Å². The van der Waals surface area contributed by atoms with E-state index in [-0.39, 0.29) is 17.0 Å². The topological polar surface area (TPSA) is 62.0 Å². The molecule has 1 fully saturated rings. The Morgan fingerprint density at radius 3 is 2.54 bits per heavy atom. The summed E-state index contributed by atoms with van der Waals surface area (Å²) < 4.78 is 27.5. The molecule has 0 radical (unpaired) electrons. The number of carbonyl (C=O) groups excluding carboxylic acids is 1. The zero-order valence-electron chi connectivity index (χ0n) is 13.3. The van der Waals surface area contributed by atoms with Crippen molar-refractivity contribution in [2.24, 2.45) is 0 Å². The van der Waals surface area contributed by atoms with Crippen LogP contribution < -0.4 is 10.9 Å². The van der Waals surface area contributed by atoms with Crippen molar-refractivity contribution in [3.63, 3.8) is 0 Å². The number of pyridine rings is 1. The highest BCUT2D eigenvalue weighted by molar-refractivity contribution is 5.99. The number of hydrogen-bond acceptors (Lipinski definition) is 2. The van der Waals surface area contributed by atoms with Crippen LogP contribution in [0.5, 0.6) is 0 Å². The number of aromatic nitrogens is 1. The molecule has 1 heterocycles. The van der Waals surface area contributed by atoms with Gasteiger partial charge in [0, 0.05) is 23.4 Å². The van der Waals surface area contributed by atoms with Crippen molar-refractivity contribution in [3.05, 3.63) is 63.6 Å². The van der Waals surface area contributed by atoms with Crippen LogP contribution in [0.25, 0.3) is 0 Å². The lowest BCUT2D eigenvalue weighted by molar-refractivity contribution is -0.121. The summed E-state index contributed by atoms with van der Waals surface area (Å²) in [5.41, 5.74) is -0.0951. The van der Waals surface area contributed by atoms with Gasteiger partial charge in [-0.15, -0.1) is 0 Å². The molecule has 0 unspecified atom stereocenters. The number of benzene rings is 1. The third kappa shape index (κ3) is 2.84. The number of aromatic amines is 1. The second-order valence-corrected chi connectivity index (χ2v) is 6.27. The maximum Gasteiger partial charge on any atom is 0.250 e. The van der Waals surface area contributed by atoms with Crippen LogP contribution in [0, 0.1) is 18.6 Å². The quantitative estimate of drug-likeness (QED) is 0.905. The minimum absolute atomic E-state index is 0.222. The van der Waals surface area contributed by atoms with Gasteiger partial charge in [0.05, 0.1) is 11.1 Å². The van der Waals surface area contributed by atoms with Crippen molar-refractivity contribution in [1.29, 1.82) is 0 Å². The molecule has 1 amide bonds. The molecule has 0 atom stereocenters. The van der Waals surface area contributed by atoms with Crippen LogP contribution in [0.4, 0.5) is 14.5 Å². The first-order valence-corrected chi connectivity index (χ1v) is 7.89. The lowest BCUT2D eigenvalue weighted by Crippen LogP contribution is -2.39. The van der Waals surface area contributed by atoms with Crippen LogP contribution in [0.3, 0.4) is 0 Å². The van der Waals surface area contributed by atoms with Gasteiger partial charge in [-0.1, -0.05) is 18.9 Å². The smallest absolute Gasteiger partial charge is 0.250 e. The van der Waals surface area contributed by atoms with Gasteiger partial charge in [0.15, 0.2) is 0 Å². The van der Waals surface area contributed by atoms with E-state index in [1.165, 1.54) is 18.3 Å². The molecule has 0 spiro atoms. The number of carbonyl (C=O) groups is 1. The Kier molecular flexibility index (Phi) is 4.22. The average molecular weight is 332 g/mol. The molecular weight excluding hydrogens is 314 g/mol. The van der Waals surface area contributed by atoms with E-state index in [1.807, 2.05) is 0 Å². The van der Waals surface area contributed by atoms with E-state index < -0.39 is 17.0 Å². The van der Waals surface area contributed by atoms with E-state index in [9.17, 15) is 18.4 Å². The Labute approximate surface area is 137 Å². The Bertz CT molecular complexity index is 839. The molecule has 3 rings (SSSR count). The van der Waals surface area contributed by atoms with Gasteiger partial charge < -0.3 is 10.3 Å². The Morgan fingerprint density at radius 1 is 1.21 bits per heavy atom. The Morgan fingerprint density at radius 2 is 1.92 bits per heavy atom. The van der Waals surface area contributed by atoms with Crippen LogP contribution in [-0.2, 0) is 10.2 Å². The number of halogens is 2. The second-order valence-electron chi connectivity index (χ2n) is 6.27. The van der Waals surface area contributed by atoms with Gasteiger partial charge in [0.2, 0.25) is 5.91 Å². The molecule has 2 aromatic rings. The van der Waals surface area contributed by atoms with Crippen molar-refractivity contribution < 1.29 is 13.6 Å². The lowest BCUT2D eigenvalue weighted by atomic mass is 9.77. The molecular formula is C18H18F2N2O2. The zero-order chi connectivity index (χ0) is 17.3. The molecule has 1 saturated carbocycles. The average Bonchev–Trinajstić information content (AvgIpc) is 3.01. The highest BCUT2D eigenvalue weighted by Gasteiger charge is 2.44. The van der Waals surface area contributed by atoms with Gasteiger partial charge in [-0.2, -0.15) is 0 Å². The normalized spacial score (nSPS) is 16.1. The van der Waals surface area contributed by atoms with Gasteiger partial charge in [0.1, 0.15) is 11.6 Å². The molecule has 0 bridgehead atoms. The molecule has 24 heavy (non-hydrogen) atoms. The van der Waals surface area contributed by atoms with Gasteiger partial charge in [-0.3, -0.25) is 9.59 Å². The molecule has 1 aromatic carbocycles. The van der Waals surface area contributed by atoms with E-state index in [4.69, 9.17) is 0 Å². The fourth-order valence-electron chi connectivity index (χ4n) is 3.40. The van der Waals surface area contributed by atoms with E-state index in [0.29, 0.717) is 24.1 Å². The molecule has 1 aromatic heterocycles. The van der Waals surface area contributed by atoms with E-state index in [1.54, 1.807) is 13.0 Å². The molecule has 1 aliphatic rings. The third-order valence-corrected chi connectivity index (χ3v) is 4.69. The lowest BCUT2D eigenvalue weighted by Gasteiger charge is -2.28. The number of amides is 1. The van der Waals surface area contributed by atoms with Crippen LogP contribution in [0.2, 0.25) is 0 Å². The highest BCUT2D eigenvalue weighted by atomic mass is 19.1. The summed E-state index contributed by atoms with van der Waals surface area (Å²) in [4.78, 5) is 26.9. The van der Waals surface area contributed by atoms with Gasteiger partial charge >= 0.3 is 0 Å². The molecule has 6 heteroatoms. The first-order chi connectivity index (χ1) is 11.4. The van der Waals surface area contributed by atoms with Gasteiger partial charge in [-0.05, 0) is 31.9 Å². The van der Waals surface area contributed by atoms with Crippen molar-refractivity contribution in [1.82, 2.24) is 4.98 Å². The number of aryl methyl sites for hydroxylation is 1. The number of nitrogens with one attached hydrogen (secondary N) is 2. The predicted molar refractivity (Wildman–Crippen MR) is 86.9 cm³/mol. The van der Waals surface area contributed by atoms with Crippen LogP contribution in [0.1, 0.15) is 36.8 Å². The highest BCUT2D eigenvalue weighted by Crippen LogP contribution is 2.43. The van der Waals surface area contributed by atoms with Crippen LogP contribution >= 0.6 is 0 Å². The number of anilines is 1.